The fourth-order valence-corrected chi connectivity index (χ4v) is 4.38. The standard InChI is InChI=1S/C21H21N3O6S/c1-13-5-6-24-19(9-13)22-16(11-20(24)25)12-31(27,28)14(2)21(26)23-15-3-4-17-18(10-15)30-8-7-29-17/h3-6,9-11,14H,7-8,12H2,1-2H3,(H,23,26)/t14-/m1/s1. The van der Waals surface area contributed by atoms with Crippen LogP contribution in [0.4, 0.5) is 5.69 Å². The van der Waals surface area contributed by atoms with Gasteiger partial charge in [-0.15, -0.1) is 0 Å². The first kappa shape index (κ1) is 20.9. The quantitative estimate of drug-likeness (QED) is 0.638. The molecule has 9 nitrogen and oxygen atoms in total. The second-order valence-corrected chi connectivity index (χ2v) is 9.64. The van der Waals surface area contributed by atoms with Crippen LogP contribution in [-0.4, -0.2) is 42.2 Å². The van der Waals surface area contributed by atoms with E-state index in [1.54, 1.807) is 36.5 Å². The van der Waals surface area contributed by atoms with Crippen LogP contribution in [0.1, 0.15) is 18.2 Å². The van der Waals surface area contributed by atoms with Gasteiger partial charge in [-0.05, 0) is 43.7 Å². The minimum Gasteiger partial charge on any atom is -0.486 e. The zero-order valence-electron chi connectivity index (χ0n) is 17.0. The third kappa shape index (κ3) is 4.38. The van der Waals surface area contributed by atoms with Crippen molar-refractivity contribution in [3.05, 3.63) is 64.2 Å². The van der Waals surface area contributed by atoms with Gasteiger partial charge in [0.05, 0.1) is 11.4 Å². The third-order valence-electron chi connectivity index (χ3n) is 4.94. The summed E-state index contributed by atoms with van der Waals surface area (Å²) in [5.41, 5.74) is 1.34. The third-order valence-corrected chi connectivity index (χ3v) is 6.93. The number of amides is 1. The number of benzene rings is 1. The van der Waals surface area contributed by atoms with Crippen LogP contribution in [0.5, 0.6) is 11.5 Å². The first-order valence-corrected chi connectivity index (χ1v) is 11.4. The summed E-state index contributed by atoms with van der Waals surface area (Å²) in [6.07, 6.45) is 1.59. The van der Waals surface area contributed by atoms with Crippen molar-refractivity contribution in [2.24, 2.45) is 0 Å². The number of pyridine rings is 1. The maximum atomic E-state index is 12.8. The Hall–Kier alpha value is -3.40. The van der Waals surface area contributed by atoms with Gasteiger partial charge in [0, 0.05) is 24.0 Å². The lowest BCUT2D eigenvalue weighted by Gasteiger charge is -2.19. The molecule has 31 heavy (non-hydrogen) atoms. The Morgan fingerprint density at radius 1 is 1.16 bits per heavy atom. The minimum absolute atomic E-state index is 0.0922. The molecule has 0 saturated carbocycles. The summed E-state index contributed by atoms with van der Waals surface area (Å²) in [5, 5.41) is 1.24. The number of fused-ring (bicyclic) bond motifs is 2. The summed E-state index contributed by atoms with van der Waals surface area (Å²) in [4.78, 5) is 29.2. The molecular formula is C21H21N3O6S. The number of anilines is 1. The fourth-order valence-electron chi connectivity index (χ4n) is 3.19. The molecule has 10 heteroatoms. The molecule has 4 rings (SSSR count). The molecule has 1 aromatic carbocycles. The summed E-state index contributed by atoms with van der Waals surface area (Å²) in [7, 11) is -3.92. The van der Waals surface area contributed by atoms with Crippen LogP contribution >= 0.6 is 0 Å². The van der Waals surface area contributed by atoms with E-state index in [1.807, 2.05) is 6.92 Å². The molecule has 0 fully saturated rings. The minimum atomic E-state index is -3.92. The van der Waals surface area contributed by atoms with Crippen molar-refractivity contribution in [1.29, 1.82) is 0 Å². The summed E-state index contributed by atoms with van der Waals surface area (Å²) < 4.78 is 37.9. The Bertz CT molecular complexity index is 1330. The maximum absolute atomic E-state index is 12.8. The number of hydrogen-bond acceptors (Lipinski definition) is 7. The van der Waals surface area contributed by atoms with Crippen molar-refractivity contribution in [2.75, 3.05) is 18.5 Å². The van der Waals surface area contributed by atoms with Crippen LogP contribution in [0.3, 0.4) is 0 Å². The highest BCUT2D eigenvalue weighted by Gasteiger charge is 2.29. The number of aromatic nitrogens is 2. The van der Waals surface area contributed by atoms with E-state index in [0.29, 0.717) is 36.0 Å². The Labute approximate surface area is 178 Å². The largest absolute Gasteiger partial charge is 0.486 e. The molecule has 0 spiro atoms. The molecule has 3 aromatic rings. The zero-order valence-corrected chi connectivity index (χ0v) is 17.8. The average molecular weight is 443 g/mol. The van der Waals surface area contributed by atoms with E-state index < -0.39 is 26.7 Å². The molecule has 162 valence electrons. The Morgan fingerprint density at radius 3 is 2.68 bits per heavy atom. The second-order valence-electron chi connectivity index (χ2n) is 7.32. The zero-order chi connectivity index (χ0) is 22.2. The second kappa shape index (κ2) is 8.03. The molecule has 1 amide bonds. The van der Waals surface area contributed by atoms with Crippen LogP contribution < -0.4 is 20.3 Å². The number of rotatable bonds is 5. The van der Waals surface area contributed by atoms with E-state index in [4.69, 9.17) is 9.47 Å². The van der Waals surface area contributed by atoms with Gasteiger partial charge in [0.1, 0.15) is 24.1 Å². The number of aryl methyl sites for hydroxylation is 1. The van der Waals surface area contributed by atoms with E-state index in [-0.39, 0.29) is 11.3 Å². The molecule has 2 aromatic heterocycles. The Kier molecular flexibility index (Phi) is 5.40. The van der Waals surface area contributed by atoms with Crippen LogP contribution in [0.15, 0.2) is 47.4 Å². The molecular weight excluding hydrogens is 422 g/mol. The topological polar surface area (TPSA) is 116 Å². The monoisotopic (exact) mass is 443 g/mol. The smallest absolute Gasteiger partial charge is 0.258 e. The number of ether oxygens (including phenoxy) is 2. The summed E-state index contributed by atoms with van der Waals surface area (Å²) in [6.45, 7) is 3.99. The molecule has 1 N–H and O–H groups in total. The van der Waals surface area contributed by atoms with Gasteiger partial charge in [-0.3, -0.25) is 14.0 Å². The number of nitrogens with one attached hydrogen (secondary N) is 1. The van der Waals surface area contributed by atoms with Crippen molar-refractivity contribution >= 4 is 27.1 Å². The van der Waals surface area contributed by atoms with Crippen LogP contribution in [0.25, 0.3) is 5.65 Å². The normalized spacial score (nSPS) is 14.3. The molecule has 3 heterocycles. The Balaban J connectivity index is 1.52. The molecule has 0 bridgehead atoms. The molecule has 0 aliphatic carbocycles. The Morgan fingerprint density at radius 2 is 1.90 bits per heavy atom. The van der Waals surface area contributed by atoms with Gasteiger partial charge >= 0.3 is 0 Å². The fraction of sp³-hybridized carbons (Fsp3) is 0.286. The first-order valence-electron chi connectivity index (χ1n) is 9.64. The molecule has 0 radical (unpaired) electrons. The van der Waals surface area contributed by atoms with E-state index in [9.17, 15) is 18.0 Å². The van der Waals surface area contributed by atoms with Gasteiger partial charge in [-0.25, -0.2) is 13.4 Å². The van der Waals surface area contributed by atoms with Crippen molar-refractivity contribution in [3.8, 4) is 11.5 Å². The maximum Gasteiger partial charge on any atom is 0.258 e. The number of carbonyl (C=O) groups is 1. The average Bonchev–Trinajstić information content (AvgIpc) is 2.72. The summed E-state index contributed by atoms with van der Waals surface area (Å²) in [5.74, 6) is -0.169. The number of hydrogen-bond donors (Lipinski definition) is 1. The van der Waals surface area contributed by atoms with E-state index in [0.717, 1.165) is 5.56 Å². The predicted molar refractivity (Wildman–Crippen MR) is 114 cm³/mol. The summed E-state index contributed by atoms with van der Waals surface area (Å²) in [6, 6.07) is 9.47. The molecule has 1 aliphatic rings. The van der Waals surface area contributed by atoms with Crippen molar-refractivity contribution in [1.82, 2.24) is 9.38 Å². The highest BCUT2D eigenvalue weighted by Crippen LogP contribution is 2.32. The van der Waals surface area contributed by atoms with Gasteiger partial charge in [-0.2, -0.15) is 0 Å². The van der Waals surface area contributed by atoms with Crippen molar-refractivity contribution < 1.29 is 22.7 Å². The predicted octanol–water partition coefficient (Wildman–Crippen LogP) is 1.72. The van der Waals surface area contributed by atoms with Crippen LogP contribution in [0.2, 0.25) is 0 Å². The molecule has 1 aliphatic heterocycles. The van der Waals surface area contributed by atoms with Crippen LogP contribution in [0, 0.1) is 6.92 Å². The lowest BCUT2D eigenvalue weighted by Crippen LogP contribution is -2.34. The van der Waals surface area contributed by atoms with Crippen LogP contribution in [-0.2, 0) is 20.4 Å². The lowest BCUT2D eigenvalue weighted by atomic mass is 10.2. The lowest BCUT2D eigenvalue weighted by molar-refractivity contribution is -0.115. The van der Waals surface area contributed by atoms with Crippen molar-refractivity contribution in [2.45, 2.75) is 24.9 Å². The SMILES string of the molecule is Cc1ccn2c(=O)cc(CS(=O)(=O)[C@H](C)C(=O)Nc3ccc4c(c3)OCCO4)nc2c1. The molecule has 1 atom stereocenters. The molecule has 0 saturated heterocycles. The van der Waals surface area contributed by atoms with E-state index >= 15 is 0 Å². The van der Waals surface area contributed by atoms with Gasteiger partial charge in [-0.1, -0.05) is 0 Å². The summed E-state index contributed by atoms with van der Waals surface area (Å²) >= 11 is 0. The first-order chi connectivity index (χ1) is 14.7. The highest BCUT2D eigenvalue weighted by atomic mass is 32.2. The number of carbonyl (C=O) groups excluding carboxylic acids is 1. The van der Waals surface area contributed by atoms with Gasteiger partial charge < -0.3 is 14.8 Å². The number of sulfone groups is 1. The van der Waals surface area contributed by atoms with E-state index in [2.05, 4.69) is 10.3 Å². The van der Waals surface area contributed by atoms with Gasteiger partial charge in [0.2, 0.25) is 5.91 Å². The number of nitrogens with zero attached hydrogens (tertiary/aromatic N) is 2. The van der Waals surface area contributed by atoms with Crippen molar-refractivity contribution in [3.63, 3.8) is 0 Å². The highest BCUT2D eigenvalue weighted by molar-refractivity contribution is 7.92. The molecule has 0 unspecified atom stereocenters. The van der Waals surface area contributed by atoms with Gasteiger partial charge in [0.25, 0.3) is 5.56 Å². The van der Waals surface area contributed by atoms with E-state index in [1.165, 1.54) is 17.4 Å². The van der Waals surface area contributed by atoms with Gasteiger partial charge in [0.15, 0.2) is 21.3 Å².